The Bertz CT molecular complexity index is 1280. The van der Waals surface area contributed by atoms with Gasteiger partial charge < -0.3 is 11.1 Å². The molecule has 0 saturated heterocycles. The number of benzene rings is 1. The van der Waals surface area contributed by atoms with E-state index in [1.165, 1.54) is 16.8 Å². The summed E-state index contributed by atoms with van der Waals surface area (Å²) in [6, 6.07) is 4.79. The minimum absolute atomic E-state index is 0.0316. The van der Waals surface area contributed by atoms with Gasteiger partial charge in [0, 0.05) is 18.2 Å². The molecule has 4 rings (SSSR count). The van der Waals surface area contributed by atoms with Gasteiger partial charge in [-0.15, -0.1) is 12.8 Å². The van der Waals surface area contributed by atoms with Crippen LogP contribution in [-0.2, 0) is 12.6 Å². The predicted molar refractivity (Wildman–Crippen MR) is 145 cm³/mol. The van der Waals surface area contributed by atoms with Crippen LogP contribution in [0.1, 0.15) is 84.5 Å². The van der Waals surface area contributed by atoms with Gasteiger partial charge in [-0.05, 0) is 42.9 Å². The van der Waals surface area contributed by atoms with E-state index < -0.39 is 29.0 Å². The molecule has 1 saturated carbocycles. The maximum absolute atomic E-state index is 13.7. The van der Waals surface area contributed by atoms with E-state index in [-0.39, 0.29) is 35.7 Å². The van der Waals surface area contributed by atoms with Crippen molar-refractivity contribution in [3.05, 3.63) is 40.7 Å². The third-order valence-corrected chi connectivity index (χ3v) is 6.75. The fourth-order valence-electron chi connectivity index (χ4n) is 5.03. The van der Waals surface area contributed by atoms with Crippen LogP contribution in [0.25, 0.3) is 5.69 Å². The molecule has 2 aliphatic rings. The number of carbonyl (C=O) groups is 2. The van der Waals surface area contributed by atoms with Crippen molar-refractivity contribution in [2.75, 3.05) is 18.4 Å². The molecule has 0 bridgehead atoms. The van der Waals surface area contributed by atoms with Crippen molar-refractivity contribution < 1.29 is 22.8 Å². The van der Waals surface area contributed by atoms with E-state index in [1.807, 2.05) is 13.8 Å². The van der Waals surface area contributed by atoms with Gasteiger partial charge in [0.1, 0.15) is 0 Å². The molecule has 1 amide bonds. The molecule has 2 aliphatic carbocycles. The first kappa shape index (κ1) is 29.8. The van der Waals surface area contributed by atoms with Crippen LogP contribution in [0, 0.1) is 30.1 Å². The number of Topliss-reactive ketones (excluding diaryl/α,β-unsaturated/α-hetero) is 1. The van der Waals surface area contributed by atoms with Crippen LogP contribution in [0.3, 0.4) is 0 Å². The topological polar surface area (TPSA) is 102 Å². The summed E-state index contributed by atoms with van der Waals surface area (Å²) in [6.45, 7) is 4.82. The normalized spacial score (nSPS) is 16.7. The highest BCUT2D eigenvalue weighted by molar-refractivity contribution is 6.00. The number of amides is 1. The molecule has 0 spiro atoms. The summed E-state index contributed by atoms with van der Waals surface area (Å²) >= 11 is 0. The average Bonchev–Trinajstić information content (AvgIpc) is 3.24. The Hall–Kier alpha value is -3.76. The summed E-state index contributed by atoms with van der Waals surface area (Å²) in [6.07, 6.45) is 10.5. The molecule has 10 heteroatoms. The van der Waals surface area contributed by atoms with Gasteiger partial charge in [-0.1, -0.05) is 45.0 Å². The summed E-state index contributed by atoms with van der Waals surface area (Å²) in [7, 11) is 0. The first-order valence-electron chi connectivity index (χ1n) is 12.9. The summed E-state index contributed by atoms with van der Waals surface area (Å²) in [5.74, 6) is 3.62. The SMILES string of the molecule is C#CCNCC#C.CC1(C)CC(=O)c2c(C(F)(F)F)nn(-c3ccc(C(N)=O)c(NC4CCCCC4)c3)c2C1. The number of alkyl halides is 3. The fourth-order valence-corrected chi connectivity index (χ4v) is 5.03. The van der Waals surface area contributed by atoms with E-state index in [4.69, 9.17) is 18.6 Å². The highest BCUT2D eigenvalue weighted by atomic mass is 19.4. The fraction of sp³-hybridized carbons (Fsp3) is 0.483. The number of rotatable bonds is 6. The van der Waals surface area contributed by atoms with Crippen LogP contribution in [0.5, 0.6) is 0 Å². The lowest BCUT2D eigenvalue weighted by molar-refractivity contribution is -0.141. The summed E-state index contributed by atoms with van der Waals surface area (Å²) < 4.78 is 42.4. The quantitative estimate of drug-likeness (QED) is 0.363. The molecule has 1 aromatic carbocycles. The highest BCUT2D eigenvalue weighted by Gasteiger charge is 2.45. The van der Waals surface area contributed by atoms with Crippen molar-refractivity contribution >= 4 is 17.4 Å². The van der Waals surface area contributed by atoms with E-state index in [2.05, 4.69) is 27.6 Å². The number of hydrogen-bond acceptors (Lipinski definition) is 5. The molecular formula is C29H34F3N5O2. The van der Waals surface area contributed by atoms with Gasteiger partial charge in [0.15, 0.2) is 11.5 Å². The lowest BCUT2D eigenvalue weighted by Gasteiger charge is -2.29. The van der Waals surface area contributed by atoms with Crippen molar-refractivity contribution in [3.63, 3.8) is 0 Å². The van der Waals surface area contributed by atoms with Crippen LogP contribution >= 0.6 is 0 Å². The molecule has 0 unspecified atom stereocenters. The van der Waals surface area contributed by atoms with Gasteiger partial charge in [0.25, 0.3) is 5.91 Å². The number of fused-ring (bicyclic) bond motifs is 1. The molecule has 1 fully saturated rings. The zero-order chi connectivity index (χ0) is 28.8. The number of anilines is 1. The van der Waals surface area contributed by atoms with Crippen molar-refractivity contribution in [1.82, 2.24) is 15.1 Å². The second kappa shape index (κ2) is 12.4. The molecule has 2 aromatic rings. The van der Waals surface area contributed by atoms with Gasteiger partial charge in [0.2, 0.25) is 0 Å². The van der Waals surface area contributed by atoms with Crippen LogP contribution < -0.4 is 16.4 Å². The number of primary amides is 1. The average molecular weight is 542 g/mol. The van der Waals surface area contributed by atoms with Crippen LogP contribution in [0.15, 0.2) is 18.2 Å². The van der Waals surface area contributed by atoms with Crippen molar-refractivity contribution in [1.29, 1.82) is 0 Å². The van der Waals surface area contributed by atoms with E-state index in [1.54, 1.807) is 6.07 Å². The molecule has 0 radical (unpaired) electrons. The molecule has 0 atom stereocenters. The number of nitrogens with one attached hydrogen (secondary N) is 2. The van der Waals surface area contributed by atoms with Gasteiger partial charge in [-0.2, -0.15) is 18.3 Å². The van der Waals surface area contributed by atoms with Gasteiger partial charge in [-0.3, -0.25) is 14.9 Å². The second-order valence-corrected chi connectivity index (χ2v) is 10.6. The lowest BCUT2D eigenvalue weighted by Crippen LogP contribution is -2.29. The van der Waals surface area contributed by atoms with Crippen molar-refractivity contribution in [3.8, 4) is 30.4 Å². The van der Waals surface area contributed by atoms with Crippen LogP contribution in [-0.4, -0.2) is 40.6 Å². The van der Waals surface area contributed by atoms with E-state index in [0.717, 1.165) is 32.1 Å². The molecule has 1 heterocycles. The van der Waals surface area contributed by atoms with E-state index in [9.17, 15) is 22.8 Å². The number of aromatic nitrogens is 2. The number of carbonyl (C=O) groups excluding carboxylic acids is 2. The Balaban J connectivity index is 0.000000532. The molecule has 208 valence electrons. The maximum Gasteiger partial charge on any atom is 0.435 e. The number of nitrogens with two attached hydrogens (primary N) is 1. The van der Waals surface area contributed by atoms with Crippen LogP contribution in [0.2, 0.25) is 0 Å². The monoisotopic (exact) mass is 541 g/mol. The summed E-state index contributed by atoms with van der Waals surface area (Å²) in [5.41, 5.74) is 4.89. The van der Waals surface area contributed by atoms with Crippen molar-refractivity contribution in [2.45, 2.75) is 71.0 Å². The maximum atomic E-state index is 13.7. The third kappa shape index (κ3) is 7.42. The Morgan fingerprint density at radius 3 is 2.36 bits per heavy atom. The first-order valence-corrected chi connectivity index (χ1v) is 12.9. The Kier molecular flexibility index (Phi) is 9.47. The number of terminal acetylenes is 2. The van der Waals surface area contributed by atoms with Gasteiger partial charge in [0.05, 0.1) is 35.6 Å². The minimum Gasteiger partial charge on any atom is -0.382 e. The minimum atomic E-state index is -4.75. The van der Waals surface area contributed by atoms with E-state index >= 15 is 0 Å². The summed E-state index contributed by atoms with van der Waals surface area (Å²) in [5, 5.41) is 10.0. The zero-order valence-electron chi connectivity index (χ0n) is 22.3. The van der Waals surface area contributed by atoms with E-state index in [0.29, 0.717) is 24.5 Å². The molecule has 0 aliphatic heterocycles. The van der Waals surface area contributed by atoms with Gasteiger partial charge in [-0.25, -0.2) is 4.68 Å². The molecule has 4 N–H and O–H groups in total. The largest absolute Gasteiger partial charge is 0.435 e. The Morgan fingerprint density at radius 1 is 1.15 bits per heavy atom. The van der Waals surface area contributed by atoms with Crippen molar-refractivity contribution in [2.24, 2.45) is 11.1 Å². The second-order valence-electron chi connectivity index (χ2n) is 10.6. The summed E-state index contributed by atoms with van der Waals surface area (Å²) in [4.78, 5) is 24.6. The number of hydrogen-bond donors (Lipinski definition) is 3. The smallest absolute Gasteiger partial charge is 0.382 e. The Labute approximate surface area is 227 Å². The predicted octanol–water partition coefficient (Wildman–Crippen LogP) is 4.73. The molecule has 39 heavy (non-hydrogen) atoms. The zero-order valence-corrected chi connectivity index (χ0v) is 22.3. The number of ketones is 1. The van der Waals surface area contributed by atoms with Crippen LogP contribution in [0.4, 0.5) is 18.9 Å². The first-order chi connectivity index (χ1) is 18.4. The standard InChI is InChI=1S/C23H27F3N4O2.C6H7N/c1-22(2)11-17-19(18(31)12-22)20(23(24,25)26)29-30(17)14-8-9-15(21(27)32)16(10-14)28-13-6-4-3-5-7-13;1-3-5-7-6-4-2/h8-10,13,28H,3-7,11-12H2,1-2H3,(H2,27,32);1-2,7H,5-6H2. The van der Waals surface area contributed by atoms with Gasteiger partial charge >= 0.3 is 6.18 Å². The highest BCUT2D eigenvalue weighted by Crippen LogP contribution is 2.42. The lowest BCUT2D eigenvalue weighted by atomic mass is 9.75. The molecular weight excluding hydrogens is 507 g/mol. The third-order valence-electron chi connectivity index (χ3n) is 6.75. The molecule has 1 aromatic heterocycles. The molecule has 7 nitrogen and oxygen atoms in total. The Morgan fingerprint density at radius 2 is 1.79 bits per heavy atom. The number of halogens is 3. The number of nitrogens with zero attached hydrogens (tertiary/aromatic N) is 2.